The number of nitrogens with two attached hydrogens (primary N) is 1. The van der Waals surface area contributed by atoms with Crippen molar-refractivity contribution in [3.8, 4) is 0 Å². The average Bonchev–Trinajstić information content (AvgIpc) is 2.83. The molecular weight excluding hydrogens is 242 g/mol. The van der Waals surface area contributed by atoms with Crippen LogP contribution >= 0.6 is 0 Å². The van der Waals surface area contributed by atoms with Crippen LogP contribution in [0.2, 0.25) is 0 Å². The number of hydrogen-bond donors (Lipinski definition) is 3. The van der Waals surface area contributed by atoms with Crippen molar-refractivity contribution >= 4 is 11.8 Å². The molecule has 3 unspecified atom stereocenters. The van der Waals surface area contributed by atoms with Crippen molar-refractivity contribution in [1.82, 2.24) is 10.6 Å². The largest absolute Gasteiger partial charge is 0.354 e. The highest BCUT2D eigenvalue weighted by molar-refractivity contribution is 5.83. The third-order valence-electron chi connectivity index (χ3n) is 3.46. The van der Waals surface area contributed by atoms with E-state index in [-0.39, 0.29) is 29.8 Å². The van der Waals surface area contributed by atoms with E-state index in [2.05, 4.69) is 10.6 Å². The van der Waals surface area contributed by atoms with E-state index in [1.54, 1.807) is 6.92 Å². The van der Waals surface area contributed by atoms with Crippen molar-refractivity contribution in [3.05, 3.63) is 35.9 Å². The Morgan fingerprint density at radius 1 is 1.42 bits per heavy atom. The summed E-state index contributed by atoms with van der Waals surface area (Å²) in [4.78, 5) is 23.2. The van der Waals surface area contributed by atoms with Crippen LogP contribution in [0.4, 0.5) is 0 Å². The lowest BCUT2D eigenvalue weighted by Crippen LogP contribution is -2.42. The lowest BCUT2D eigenvalue weighted by atomic mass is 9.94. The van der Waals surface area contributed by atoms with Crippen LogP contribution < -0.4 is 16.4 Å². The van der Waals surface area contributed by atoms with Crippen LogP contribution in [0.25, 0.3) is 0 Å². The molecule has 102 valence electrons. The Morgan fingerprint density at radius 3 is 2.68 bits per heavy atom. The molecule has 1 fully saturated rings. The van der Waals surface area contributed by atoms with Crippen LogP contribution in [0, 0.1) is 5.92 Å². The van der Waals surface area contributed by atoms with Gasteiger partial charge in [0.15, 0.2) is 0 Å². The molecule has 5 nitrogen and oxygen atoms in total. The van der Waals surface area contributed by atoms with Crippen molar-refractivity contribution in [2.24, 2.45) is 11.7 Å². The number of carbonyl (C=O) groups excluding carboxylic acids is 2. The zero-order chi connectivity index (χ0) is 13.8. The highest BCUT2D eigenvalue weighted by Crippen LogP contribution is 2.19. The minimum atomic E-state index is -0.341. The monoisotopic (exact) mass is 261 g/mol. The number of hydrogen-bond acceptors (Lipinski definition) is 3. The Hall–Kier alpha value is -1.88. The fraction of sp³-hybridized carbons (Fsp3) is 0.429. The quantitative estimate of drug-likeness (QED) is 0.730. The summed E-state index contributed by atoms with van der Waals surface area (Å²) in [5.74, 6) is -0.471. The minimum Gasteiger partial charge on any atom is -0.354 e. The molecule has 1 aliphatic rings. The van der Waals surface area contributed by atoms with Crippen LogP contribution in [-0.2, 0) is 9.59 Å². The maximum absolute atomic E-state index is 12.1. The maximum Gasteiger partial charge on any atom is 0.225 e. The van der Waals surface area contributed by atoms with Gasteiger partial charge in [0, 0.05) is 19.0 Å². The first-order chi connectivity index (χ1) is 9.08. The Balaban J connectivity index is 1.93. The average molecular weight is 261 g/mol. The molecule has 1 aliphatic heterocycles. The van der Waals surface area contributed by atoms with Crippen LogP contribution in [0.1, 0.15) is 24.9 Å². The molecule has 5 heteroatoms. The van der Waals surface area contributed by atoms with E-state index in [1.807, 2.05) is 30.3 Å². The van der Waals surface area contributed by atoms with Crippen LogP contribution in [0.5, 0.6) is 0 Å². The Bertz CT molecular complexity index is 461. The molecule has 3 atom stereocenters. The molecule has 0 saturated carbocycles. The van der Waals surface area contributed by atoms with Gasteiger partial charge in [0.05, 0.1) is 12.0 Å². The molecule has 0 spiro atoms. The SMILES string of the molecule is CC(C(=O)NC1CNC(=O)C1)C(N)c1ccccc1. The number of amides is 2. The molecule has 1 aromatic rings. The van der Waals surface area contributed by atoms with Gasteiger partial charge < -0.3 is 16.4 Å². The summed E-state index contributed by atoms with van der Waals surface area (Å²) in [6.07, 6.45) is 0.346. The zero-order valence-electron chi connectivity index (χ0n) is 10.9. The fourth-order valence-corrected chi connectivity index (χ4v) is 2.17. The molecule has 0 aromatic heterocycles. The van der Waals surface area contributed by atoms with E-state index in [0.29, 0.717) is 13.0 Å². The highest BCUT2D eigenvalue weighted by atomic mass is 16.2. The van der Waals surface area contributed by atoms with Gasteiger partial charge in [-0.25, -0.2) is 0 Å². The van der Waals surface area contributed by atoms with E-state index in [9.17, 15) is 9.59 Å². The molecule has 1 heterocycles. The van der Waals surface area contributed by atoms with Crippen LogP contribution in [0.15, 0.2) is 30.3 Å². The molecule has 0 aliphatic carbocycles. The Kier molecular flexibility index (Phi) is 4.16. The number of benzene rings is 1. The third-order valence-corrected chi connectivity index (χ3v) is 3.46. The standard InChI is InChI=1S/C14H19N3O2/c1-9(13(15)10-5-3-2-4-6-10)14(19)17-11-7-12(18)16-8-11/h2-6,9,11,13H,7-8,15H2,1H3,(H,16,18)(H,17,19). The van der Waals surface area contributed by atoms with Crippen LogP contribution in [-0.4, -0.2) is 24.4 Å². The van der Waals surface area contributed by atoms with Gasteiger partial charge in [-0.05, 0) is 5.56 Å². The van der Waals surface area contributed by atoms with Crippen molar-refractivity contribution in [1.29, 1.82) is 0 Å². The summed E-state index contributed by atoms with van der Waals surface area (Å²) in [5, 5.41) is 5.55. The van der Waals surface area contributed by atoms with Gasteiger partial charge in [-0.3, -0.25) is 9.59 Å². The molecule has 2 rings (SSSR count). The Morgan fingerprint density at radius 2 is 2.11 bits per heavy atom. The van der Waals surface area contributed by atoms with Gasteiger partial charge in [-0.15, -0.1) is 0 Å². The van der Waals surface area contributed by atoms with Crippen molar-refractivity contribution in [3.63, 3.8) is 0 Å². The highest BCUT2D eigenvalue weighted by Gasteiger charge is 2.27. The molecule has 19 heavy (non-hydrogen) atoms. The van der Waals surface area contributed by atoms with E-state index >= 15 is 0 Å². The topological polar surface area (TPSA) is 84.2 Å². The smallest absolute Gasteiger partial charge is 0.225 e. The Labute approximate surface area is 112 Å². The first-order valence-corrected chi connectivity index (χ1v) is 6.45. The van der Waals surface area contributed by atoms with Gasteiger partial charge in [0.25, 0.3) is 0 Å². The van der Waals surface area contributed by atoms with Crippen molar-refractivity contribution in [2.45, 2.75) is 25.4 Å². The van der Waals surface area contributed by atoms with E-state index in [4.69, 9.17) is 5.73 Å². The lowest BCUT2D eigenvalue weighted by molar-refractivity contribution is -0.125. The summed E-state index contributed by atoms with van der Waals surface area (Å²) in [5.41, 5.74) is 7.03. The van der Waals surface area contributed by atoms with E-state index < -0.39 is 0 Å². The molecular formula is C14H19N3O2. The molecule has 0 bridgehead atoms. The fourth-order valence-electron chi connectivity index (χ4n) is 2.17. The maximum atomic E-state index is 12.1. The number of rotatable bonds is 4. The first kappa shape index (κ1) is 13.5. The zero-order valence-corrected chi connectivity index (χ0v) is 10.9. The normalized spacial score (nSPS) is 21.6. The van der Waals surface area contributed by atoms with Crippen molar-refractivity contribution in [2.75, 3.05) is 6.54 Å². The number of carbonyl (C=O) groups is 2. The lowest BCUT2D eigenvalue weighted by Gasteiger charge is -2.21. The predicted octanol–water partition coefficient (Wildman–Crippen LogP) is 0.327. The van der Waals surface area contributed by atoms with Gasteiger partial charge in [-0.2, -0.15) is 0 Å². The van der Waals surface area contributed by atoms with Crippen molar-refractivity contribution < 1.29 is 9.59 Å². The van der Waals surface area contributed by atoms with E-state index in [0.717, 1.165) is 5.56 Å². The summed E-state index contributed by atoms with van der Waals surface area (Å²) >= 11 is 0. The second-order valence-electron chi connectivity index (χ2n) is 4.94. The van der Waals surface area contributed by atoms with Gasteiger partial charge in [0.1, 0.15) is 0 Å². The second-order valence-corrected chi connectivity index (χ2v) is 4.94. The molecule has 1 saturated heterocycles. The van der Waals surface area contributed by atoms with E-state index in [1.165, 1.54) is 0 Å². The molecule has 4 N–H and O–H groups in total. The molecule has 1 aromatic carbocycles. The predicted molar refractivity (Wildman–Crippen MR) is 72.1 cm³/mol. The molecule has 0 radical (unpaired) electrons. The first-order valence-electron chi connectivity index (χ1n) is 6.45. The summed E-state index contributed by atoms with van der Waals surface area (Å²) in [6.45, 7) is 2.30. The van der Waals surface area contributed by atoms with Crippen LogP contribution in [0.3, 0.4) is 0 Å². The van der Waals surface area contributed by atoms with Gasteiger partial charge in [0.2, 0.25) is 11.8 Å². The molecule has 2 amide bonds. The summed E-state index contributed by atoms with van der Waals surface area (Å²) in [6, 6.07) is 9.08. The number of nitrogens with one attached hydrogen (secondary N) is 2. The second kappa shape index (κ2) is 5.84. The summed E-state index contributed by atoms with van der Waals surface area (Å²) in [7, 11) is 0. The van der Waals surface area contributed by atoms with Gasteiger partial charge >= 0.3 is 0 Å². The summed E-state index contributed by atoms with van der Waals surface area (Å²) < 4.78 is 0. The minimum absolute atomic E-state index is 0.0229. The van der Waals surface area contributed by atoms with Gasteiger partial charge in [-0.1, -0.05) is 37.3 Å². The third kappa shape index (κ3) is 3.32.